The zero-order valence-corrected chi connectivity index (χ0v) is 16.9. The van der Waals surface area contributed by atoms with Gasteiger partial charge in [0, 0.05) is 17.6 Å². The molecule has 7 heteroatoms. The Bertz CT molecular complexity index is 893. The molecule has 1 saturated heterocycles. The Morgan fingerprint density at radius 1 is 1.14 bits per heavy atom. The van der Waals surface area contributed by atoms with Gasteiger partial charge in [-0.1, -0.05) is 36.4 Å². The number of amides is 3. The predicted octanol–water partition coefficient (Wildman–Crippen LogP) is 1.88. The molecule has 0 bridgehead atoms. The molecule has 0 saturated carbocycles. The first-order valence-electron chi connectivity index (χ1n) is 10.0. The van der Waals surface area contributed by atoms with Gasteiger partial charge >= 0.3 is 0 Å². The fourth-order valence-electron chi connectivity index (χ4n) is 3.52. The van der Waals surface area contributed by atoms with Gasteiger partial charge in [-0.2, -0.15) is 0 Å². The van der Waals surface area contributed by atoms with Crippen molar-refractivity contribution >= 4 is 34.2 Å². The van der Waals surface area contributed by atoms with Gasteiger partial charge in [0.1, 0.15) is 6.04 Å². The van der Waals surface area contributed by atoms with Crippen molar-refractivity contribution in [1.29, 1.82) is 0 Å². The Morgan fingerprint density at radius 2 is 1.90 bits per heavy atom. The summed E-state index contributed by atoms with van der Waals surface area (Å²) in [6, 6.07) is 12.6. The number of likely N-dealkylation sites (tertiary alicyclic amines) is 1. The van der Waals surface area contributed by atoms with Gasteiger partial charge in [0.05, 0.1) is 12.6 Å². The lowest BCUT2D eigenvalue weighted by Gasteiger charge is -2.25. The summed E-state index contributed by atoms with van der Waals surface area (Å²) in [5.74, 6) is -0.662. The summed E-state index contributed by atoms with van der Waals surface area (Å²) in [5.41, 5.74) is 0.725. The van der Waals surface area contributed by atoms with Crippen LogP contribution in [0.25, 0.3) is 10.8 Å². The van der Waals surface area contributed by atoms with Crippen molar-refractivity contribution in [2.75, 3.05) is 25.5 Å². The van der Waals surface area contributed by atoms with Crippen LogP contribution in [-0.4, -0.2) is 54.8 Å². The fraction of sp³-hybridized carbons (Fsp3) is 0.409. The van der Waals surface area contributed by atoms with Crippen LogP contribution in [0.2, 0.25) is 0 Å². The van der Waals surface area contributed by atoms with Crippen LogP contribution in [0.15, 0.2) is 42.5 Å². The van der Waals surface area contributed by atoms with Crippen LogP contribution < -0.4 is 16.0 Å². The van der Waals surface area contributed by atoms with Crippen molar-refractivity contribution in [3.8, 4) is 0 Å². The van der Waals surface area contributed by atoms with Crippen molar-refractivity contribution in [3.63, 3.8) is 0 Å². The fourth-order valence-corrected chi connectivity index (χ4v) is 3.52. The SMILES string of the molecule is CN[C@@H](C)C(=O)N[C@H]1CCCCN(CC(=O)Nc2cccc3ccccc23)C1=O. The Balaban J connectivity index is 1.66. The number of benzene rings is 2. The predicted molar refractivity (Wildman–Crippen MR) is 113 cm³/mol. The van der Waals surface area contributed by atoms with Crippen LogP contribution in [0.3, 0.4) is 0 Å². The molecule has 154 valence electrons. The van der Waals surface area contributed by atoms with E-state index >= 15 is 0 Å². The second kappa shape index (κ2) is 9.52. The van der Waals surface area contributed by atoms with Crippen LogP contribution in [0.1, 0.15) is 26.2 Å². The maximum atomic E-state index is 12.9. The molecule has 2 atom stereocenters. The lowest BCUT2D eigenvalue weighted by Crippen LogP contribution is -2.52. The number of nitrogens with one attached hydrogen (secondary N) is 3. The highest BCUT2D eigenvalue weighted by molar-refractivity contribution is 6.03. The second-order valence-corrected chi connectivity index (χ2v) is 7.40. The van der Waals surface area contributed by atoms with Gasteiger partial charge in [-0.15, -0.1) is 0 Å². The molecule has 0 radical (unpaired) electrons. The Labute approximate surface area is 170 Å². The Hall–Kier alpha value is -2.93. The number of likely N-dealkylation sites (N-methyl/N-ethyl adjacent to an activating group) is 1. The summed E-state index contributed by atoms with van der Waals surface area (Å²) in [6.07, 6.45) is 2.22. The molecule has 3 rings (SSSR count). The quantitative estimate of drug-likeness (QED) is 0.695. The number of anilines is 1. The van der Waals surface area contributed by atoms with Gasteiger partial charge in [0.2, 0.25) is 17.7 Å². The van der Waals surface area contributed by atoms with E-state index in [4.69, 9.17) is 0 Å². The summed E-state index contributed by atoms with van der Waals surface area (Å²) in [5, 5.41) is 10.6. The summed E-state index contributed by atoms with van der Waals surface area (Å²) in [6.45, 7) is 2.22. The largest absolute Gasteiger partial charge is 0.343 e. The molecule has 7 nitrogen and oxygen atoms in total. The molecule has 3 N–H and O–H groups in total. The first kappa shape index (κ1) is 20.8. The number of hydrogen-bond acceptors (Lipinski definition) is 4. The van der Waals surface area contributed by atoms with E-state index in [1.807, 2.05) is 42.5 Å². The molecule has 0 unspecified atom stereocenters. The van der Waals surface area contributed by atoms with Crippen molar-refractivity contribution in [2.24, 2.45) is 0 Å². The molecule has 1 aliphatic rings. The highest BCUT2D eigenvalue weighted by Gasteiger charge is 2.30. The van der Waals surface area contributed by atoms with Crippen LogP contribution in [0.5, 0.6) is 0 Å². The first-order chi connectivity index (χ1) is 14.0. The third kappa shape index (κ3) is 5.12. The number of nitrogens with zero attached hydrogens (tertiary/aromatic N) is 1. The lowest BCUT2D eigenvalue weighted by molar-refractivity contribution is -0.138. The third-order valence-electron chi connectivity index (χ3n) is 5.32. The molecular formula is C22H28N4O3. The Kier molecular flexibility index (Phi) is 6.82. The monoisotopic (exact) mass is 396 g/mol. The van der Waals surface area contributed by atoms with Gasteiger partial charge in [-0.3, -0.25) is 14.4 Å². The highest BCUT2D eigenvalue weighted by Crippen LogP contribution is 2.23. The molecule has 3 amide bonds. The van der Waals surface area contributed by atoms with E-state index in [1.54, 1.807) is 18.9 Å². The number of hydrogen-bond donors (Lipinski definition) is 3. The highest BCUT2D eigenvalue weighted by atomic mass is 16.2. The van der Waals surface area contributed by atoms with E-state index in [-0.39, 0.29) is 30.3 Å². The minimum Gasteiger partial charge on any atom is -0.343 e. The first-order valence-corrected chi connectivity index (χ1v) is 10.0. The molecule has 1 heterocycles. The van der Waals surface area contributed by atoms with Crippen LogP contribution in [0.4, 0.5) is 5.69 Å². The molecule has 0 aliphatic carbocycles. The molecule has 1 aliphatic heterocycles. The van der Waals surface area contributed by atoms with E-state index in [2.05, 4.69) is 16.0 Å². The topological polar surface area (TPSA) is 90.5 Å². The number of rotatable bonds is 6. The van der Waals surface area contributed by atoms with E-state index < -0.39 is 6.04 Å². The Morgan fingerprint density at radius 3 is 2.69 bits per heavy atom. The molecular weight excluding hydrogens is 368 g/mol. The molecule has 29 heavy (non-hydrogen) atoms. The maximum absolute atomic E-state index is 12.9. The standard InChI is InChI=1S/C22H28N4O3/c1-15(23-2)21(28)25-19-11-5-6-13-26(22(19)29)14-20(27)24-18-12-7-9-16-8-3-4-10-17(16)18/h3-4,7-10,12,15,19,23H,5-6,11,13-14H2,1-2H3,(H,24,27)(H,25,28)/t15-,19-/m0/s1. The summed E-state index contributed by atoms with van der Waals surface area (Å²) >= 11 is 0. The van der Waals surface area contributed by atoms with Crippen molar-refractivity contribution in [1.82, 2.24) is 15.5 Å². The molecule has 0 spiro atoms. The van der Waals surface area contributed by atoms with E-state index in [1.165, 1.54) is 0 Å². The van der Waals surface area contributed by atoms with Crippen molar-refractivity contribution < 1.29 is 14.4 Å². The lowest BCUT2D eigenvalue weighted by atomic mass is 10.1. The van der Waals surface area contributed by atoms with Gasteiger partial charge in [-0.05, 0) is 44.7 Å². The minimum atomic E-state index is -0.592. The van der Waals surface area contributed by atoms with Crippen molar-refractivity contribution in [3.05, 3.63) is 42.5 Å². The summed E-state index contributed by atoms with van der Waals surface area (Å²) < 4.78 is 0. The van der Waals surface area contributed by atoms with E-state index in [9.17, 15) is 14.4 Å². The molecule has 1 fully saturated rings. The van der Waals surface area contributed by atoms with Gasteiger partial charge in [0.15, 0.2) is 0 Å². The minimum absolute atomic E-state index is 0.0317. The smallest absolute Gasteiger partial charge is 0.245 e. The summed E-state index contributed by atoms with van der Waals surface area (Å²) in [7, 11) is 1.70. The summed E-state index contributed by atoms with van der Waals surface area (Å²) in [4.78, 5) is 39.3. The van der Waals surface area contributed by atoms with Crippen LogP contribution >= 0.6 is 0 Å². The number of carbonyl (C=O) groups is 3. The average molecular weight is 396 g/mol. The number of carbonyl (C=O) groups excluding carboxylic acids is 3. The molecule has 2 aromatic rings. The molecule has 0 aromatic heterocycles. The van der Waals surface area contributed by atoms with Gasteiger partial charge in [0.25, 0.3) is 0 Å². The zero-order chi connectivity index (χ0) is 20.8. The van der Waals surface area contributed by atoms with E-state index in [0.717, 1.165) is 29.3 Å². The van der Waals surface area contributed by atoms with Gasteiger partial charge in [-0.25, -0.2) is 0 Å². The maximum Gasteiger partial charge on any atom is 0.245 e. The second-order valence-electron chi connectivity index (χ2n) is 7.40. The molecule has 2 aromatic carbocycles. The van der Waals surface area contributed by atoms with Crippen molar-refractivity contribution in [2.45, 2.75) is 38.3 Å². The van der Waals surface area contributed by atoms with Gasteiger partial charge < -0.3 is 20.9 Å². The van der Waals surface area contributed by atoms with Crippen LogP contribution in [0, 0.1) is 0 Å². The third-order valence-corrected chi connectivity index (χ3v) is 5.32. The number of fused-ring (bicyclic) bond motifs is 1. The average Bonchev–Trinajstić information content (AvgIpc) is 2.89. The zero-order valence-electron chi connectivity index (χ0n) is 16.9. The van der Waals surface area contributed by atoms with Crippen LogP contribution in [-0.2, 0) is 14.4 Å². The van der Waals surface area contributed by atoms with E-state index in [0.29, 0.717) is 13.0 Å². The normalized spacial score (nSPS) is 18.2.